The fraction of sp³-hybridized carbons (Fsp3) is 0.750. The number of anilines is 1. The number of hydrogen-bond acceptors (Lipinski definition) is 5. The first kappa shape index (κ1) is 13.6. The minimum atomic E-state index is -4.47. The number of hydrogen-bond donors (Lipinski definition) is 1. The van der Waals surface area contributed by atoms with Crippen LogP contribution in [0.4, 0.5) is 18.3 Å². The second-order valence-corrected chi connectivity index (χ2v) is 6.00. The van der Waals surface area contributed by atoms with Crippen molar-refractivity contribution in [1.82, 2.24) is 9.36 Å². The van der Waals surface area contributed by atoms with Crippen molar-refractivity contribution in [2.45, 2.75) is 24.8 Å². The van der Waals surface area contributed by atoms with Gasteiger partial charge in [0.2, 0.25) is 11.0 Å². The SMILES string of the molecule is CSC(C)(C)CNc1nc(C(F)(F)F)ns1. The third-order valence-electron chi connectivity index (χ3n) is 1.90. The molecule has 1 aromatic heterocycles. The van der Waals surface area contributed by atoms with E-state index < -0.39 is 12.0 Å². The zero-order valence-electron chi connectivity index (χ0n) is 9.05. The van der Waals surface area contributed by atoms with Gasteiger partial charge >= 0.3 is 6.18 Å². The number of nitrogens with zero attached hydrogens (tertiary/aromatic N) is 2. The van der Waals surface area contributed by atoms with Crippen LogP contribution in [0.3, 0.4) is 0 Å². The van der Waals surface area contributed by atoms with Crippen molar-refractivity contribution >= 4 is 28.4 Å². The quantitative estimate of drug-likeness (QED) is 0.913. The van der Waals surface area contributed by atoms with Crippen LogP contribution in [0.1, 0.15) is 19.7 Å². The molecule has 0 atom stereocenters. The molecule has 1 N–H and O–H groups in total. The summed E-state index contributed by atoms with van der Waals surface area (Å²) in [6, 6.07) is 0. The molecule has 0 radical (unpaired) electrons. The van der Waals surface area contributed by atoms with Crippen LogP contribution in [0.15, 0.2) is 0 Å². The Morgan fingerprint density at radius 3 is 2.44 bits per heavy atom. The minimum absolute atomic E-state index is 0.0515. The van der Waals surface area contributed by atoms with Gasteiger partial charge in [-0.1, -0.05) is 0 Å². The second kappa shape index (κ2) is 4.79. The van der Waals surface area contributed by atoms with Gasteiger partial charge in [-0.25, -0.2) is 0 Å². The predicted molar refractivity (Wildman–Crippen MR) is 61.0 cm³/mol. The first-order valence-electron chi connectivity index (χ1n) is 4.44. The van der Waals surface area contributed by atoms with E-state index in [1.165, 1.54) is 0 Å². The van der Waals surface area contributed by atoms with Crippen LogP contribution in [0, 0.1) is 0 Å². The smallest absolute Gasteiger partial charge is 0.359 e. The van der Waals surface area contributed by atoms with E-state index in [1.807, 2.05) is 20.1 Å². The van der Waals surface area contributed by atoms with Crippen LogP contribution in [0.2, 0.25) is 0 Å². The van der Waals surface area contributed by atoms with Gasteiger partial charge in [0.05, 0.1) is 0 Å². The van der Waals surface area contributed by atoms with Gasteiger partial charge in [0.25, 0.3) is 0 Å². The molecule has 3 nitrogen and oxygen atoms in total. The Morgan fingerprint density at radius 2 is 2.00 bits per heavy atom. The van der Waals surface area contributed by atoms with E-state index in [2.05, 4.69) is 14.7 Å². The molecular formula is C8H12F3N3S2. The standard InChI is InChI=1S/C8H12F3N3S2/c1-7(2,15-3)4-12-6-13-5(14-16-6)8(9,10)11/h4H2,1-3H3,(H,12,13,14). The van der Waals surface area contributed by atoms with Crippen LogP contribution < -0.4 is 5.32 Å². The van der Waals surface area contributed by atoms with E-state index >= 15 is 0 Å². The maximum Gasteiger partial charge on any atom is 0.452 e. The maximum atomic E-state index is 12.2. The van der Waals surface area contributed by atoms with Crippen LogP contribution in [-0.2, 0) is 6.18 Å². The normalized spacial score (nSPS) is 12.9. The van der Waals surface area contributed by atoms with E-state index in [0.717, 1.165) is 11.5 Å². The van der Waals surface area contributed by atoms with Gasteiger partial charge in [-0.15, -0.1) is 0 Å². The molecule has 0 saturated carbocycles. The highest BCUT2D eigenvalue weighted by atomic mass is 32.2. The average Bonchev–Trinajstić information content (AvgIpc) is 2.63. The highest BCUT2D eigenvalue weighted by Crippen LogP contribution is 2.29. The van der Waals surface area contributed by atoms with Crippen molar-refractivity contribution in [3.8, 4) is 0 Å². The molecule has 0 aromatic carbocycles. The molecule has 92 valence electrons. The van der Waals surface area contributed by atoms with Gasteiger partial charge in [0.1, 0.15) is 0 Å². The molecule has 8 heteroatoms. The lowest BCUT2D eigenvalue weighted by molar-refractivity contribution is -0.144. The van der Waals surface area contributed by atoms with Gasteiger partial charge in [-0.2, -0.15) is 34.3 Å². The number of halogens is 3. The maximum absolute atomic E-state index is 12.2. The third kappa shape index (κ3) is 3.82. The summed E-state index contributed by atoms with van der Waals surface area (Å²) in [5, 5.41) is 3.06. The van der Waals surface area contributed by atoms with Gasteiger partial charge in [-0.05, 0) is 20.1 Å². The summed E-state index contributed by atoms with van der Waals surface area (Å²) in [4.78, 5) is 3.38. The molecule has 1 aromatic rings. The van der Waals surface area contributed by atoms with E-state index in [9.17, 15) is 13.2 Å². The number of thioether (sulfide) groups is 1. The zero-order chi connectivity index (χ0) is 12.4. The van der Waals surface area contributed by atoms with Crippen LogP contribution in [0.5, 0.6) is 0 Å². The van der Waals surface area contributed by atoms with E-state index in [0.29, 0.717) is 6.54 Å². The van der Waals surface area contributed by atoms with E-state index in [4.69, 9.17) is 0 Å². The number of nitrogens with one attached hydrogen (secondary N) is 1. The summed E-state index contributed by atoms with van der Waals surface area (Å²) < 4.78 is 39.8. The molecule has 0 spiro atoms. The molecule has 0 bridgehead atoms. The van der Waals surface area contributed by atoms with Crippen molar-refractivity contribution in [1.29, 1.82) is 0 Å². The van der Waals surface area contributed by atoms with Gasteiger partial charge in [0, 0.05) is 22.8 Å². The molecule has 0 aliphatic heterocycles. The van der Waals surface area contributed by atoms with Crippen molar-refractivity contribution < 1.29 is 13.2 Å². The molecule has 0 fully saturated rings. The predicted octanol–water partition coefficient (Wildman–Crippen LogP) is 3.11. The summed E-state index contributed by atoms with van der Waals surface area (Å²) in [5.74, 6) is -1.08. The van der Waals surface area contributed by atoms with Crippen LogP contribution in [0.25, 0.3) is 0 Å². The van der Waals surface area contributed by atoms with Crippen LogP contribution >= 0.6 is 23.3 Å². The second-order valence-electron chi connectivity index (χ2n) is 3.74. The summed E-state index contributed by atoms with van der Waals surface area (Å²) in [5.41, 5.74) is 0. The molecule has 0 amide bonds. The Morgan fingerprint density at radius 1 is 1.38 bits per heavy atom. The Bertz CT molecular complexity index is 349. The Kier molecular flexibility index (Phi) is 4.06. The summed E-state index contributed by atoms with van der Waals surface area (Å²) in [6.45, 7) is 4.54. The highest BCUT2D eigenvalue weighted by Gasteiger charge is 2.36. The van der Waals surface area contributed by atoms with Crippen molar-refractivity contribution in [3.63, 3.8) is 0 Å². The van der Waals surface area contributed by atoms with Gasteiger partial charge in [0.15, 0.2) is 0 Å². The first-order valence-corrected chi connectivity index (χ1v) is 6.44. The highest BCUT2D eigenvalue weighted by molar-refractivity contribution is 7.99. The number of aromatic nitrogens is 2. The number of alkyl halides is 3. The molecule has 1 rings (SSSR count). The average molecular weight is 271 g/mol. The fourth-order valence-electron chi connectivity index (χ4n) is 0.771. The molecule has 0 aliphatic carbocycles. The van der Waals surface area contributed by atoms with Crippen molar-refractivity contribution in [3.05, 3.63) is 5.82 Å². The molecule has 1 heterocycles. The van der Waals surface area contributed by atoms with Gasteiger partial charge in [-0.3, -0.25) is 0 Å². The largest absolute Gasteiger partial charge is 0.452 e. The molecule has 16 heavy (non-hydrogen) atoms. The molecule has 0 saturated heterocycles. The Balaban J connectivity index is 2.60. The first-order chi connectivity index (χ1) is 7.24. The number of rotatable bonds is 4. The van der Waals surface area contributed by atoms with Crippen molar-refractivity contribution in [2.24, 2.45) is 0 Å². The lowest BCUT2D eigenvalue weighted by atomic mass is 10.2. The molecule has 0 unspecified atom stereocenters. The fourth-order valence-corrected chi connectivity index (χ4v) is 1.57. The minimum Gasteiger partial charge on any atom is -0.359 e. The van der Waals surface area contributed by atoms with Crippen molar-refractivity contribution in [2.75, 3.05) is 18.1 Å². The summed E-state index contributed by atoms with van der Waals surface area (Å²) in [7, 11) is 0. The lowest BCUT2D eigenvalue weighted by Gasteiger charge is -2.21. The molecule has 0 aliphatic rings. The summed E-state index contributed by atoms with van der Waals surface area (Å²) in [6.07, 6.45) is -2.52. The molecular weight excluding hydrogens is 259 g/mol. The van der Waals surface area contributed by atoms with Crippen LogP contribution in [-0.4, -0.2) is 26.9 Å². The topological polar surface area (TPSA) is 37.8 Å². The lowest BCUT2D eigenvalue weighted by Crippen LogP contribution is -2.25. The van der Waals surface area contributed by atoms with E-state index in [1.54, 1.807) is 11.8 Å². The Hall–Kier alpha value is -0.500. The monoisotopic (exact) mass is 271 g/mol. The Labute approximate surface area is 100 Å². The zero-order valence-corrected chi connectivity index (χ0v) is 10.7. The van der Waals surface area contributed by atoms with E-state index in [-0.39, 0.29) is 9.88 Å². The third-order valence-corrected chi connectivity index (χ3v) is 3.82. The van der Waals surface area contributed by atoms with Gasteiger partial charge < -0.3 is 5.32 Å². The summed E-state index contributed by atoms with van der Waals surface area (Å²) >= 11 is 2.36.